The smallest absolute Gasteiger partial charge is 0.320 e. The van der Waals surface area contributed by atoms with E-state index in [0.717, 1.165) is 44.8 Å². The molecule has 1 aromatic carbocycles. The van der Waals surface area contributed by atoms with Gasteiger partial charge in [0.1, 0.15) is 17.5 Å². The third kappa shape index (κ3) is 4.27. The number of likely N-dealkylation sites (N-methyl/N-ethyl adjacent to an activating group) is 1. The number of benzene rings is 1. The Morgan fingerprint density at radius 2 is 1.73 bits per heavy atom. The monoisotopic (exact) mass is 414 g/mol. The van der Waals surface area contributed by atoms with Gasteiger partial charge in [-0.25, -0.2) is 18.6 Å². The quantitative estimate of drug-likeness (QED) is 0.826. The maximum Gasteiger partial charge on any atom is 0.320 e. The van der Waals surface area contributed by atoms with Crippen molar-refractivity contribution in [2.45, 2.75) is 31.7 Å². The summed E-state index contributed by atoms with van der Waals surface area (Å²) in [7, 11) is 1.81. The molecule has 0 radical (unpaired) electrons. The van der Waals surface area contributed by atoms with E-state index in [1.807, 2.05) is 11.9 Å². The van der Waals surface area contributed by atoms with Crippen LogP contribution in [-0.4, -0.2) is 52.9 Å². The number of hydrogen-bond acceptors (Lipinski definition) is 3. The molecule has 0 unspecified atom stereocenters. The molecule has 0 atom stereocenters. The van der Waals surface area contributed by atoms with Crippen LogP contribution in [0.3, 0.4) is 0 Å². The van der Waals surface area contributed by atoms with E-state index in [0.29, 0.717) is 16.9 Å². The second kappa shape index (κ2) is 8.38. The molecule has 4 rings (SSSR count). The Kier molecular flexibility index (Phi) is 5.65. The molecule has 3 amide bonds. The summed E-state index contributed by atoms with van der Waals surface area (Å²) in [5, 5.41) is 2.83. The lowest BCUT2D eigenvalue weighted by atomic mass is 9.85. The highest BCUT2D eigenvalue weighted by Gasteiger charge is 2.35. The van der Waals surface area contributed by atoms with Gasteiger partial charge in [-0.2, -0.15) is 0 Å². The van der Waals surface area contributed by atoms with Crippen LogP contribution in [0.5, 0.6) is 0 Å². The lowest BCUT2D eigenvalue weighted by molar-refractivity contribution is -0.121. The normalized spacial score (nSPS) is 21.8. The molecule has 8 heteroatoms. The molecule has 158 valence electrons. The summed E-state index contributed by atoms with van der Waals surface area (Å²) in [5.41, 5.74) is 0.949. The molecule has 1 aliphatic heterocycles. The van der Waals surface area contributed by atoms with Crippen LogP contribution in [0.25, 0.3) is 11.1 Å². The number of nitrogens with zero attached hydrogens (tertiary/aromatic N) is 3. The molecular weight excluding hydrogens is 390 g/mol. The predicted molar refractivity (Wildman–Crippen MR) is 109 cm³/mol. The Balaban J connectivity index is 1.33. The fourth-order valence-corrected chi connectivity index (χ4v) is 4.24. The van der Waals surface area contributed by atoms with Crippen molar-refractivity contribution in [1.82, 2.24) is 14.8 Å². The molecule has 6 nitrogen and oxygen atoms in total. The van der Waals surface area contributed by atoms with Crippen LogP contribution in [-0.2, 0) is 4.79 Å². The average molecular weight is 414 g/mol. The topological polar surface area (TPSA) is 65.5 Å². The highest BCUT2D eigenvalue weighted by molar-refractivity contribution is 5.91. The van der Waals surface area contributed by atoms with E-state index in [1.165, 1.54) is 18.3 Å². The standard InChI is InChI=1S/C22H24F2N4O2/c1-27-8-9-28(22(27)30)19-5-2-14(3-6-19)21(29)26-20-7-4-15(13-25-20)16-10-17(23)12-18(24)11-16/h4,7,10-14,19H,2-3,5-6,8-9H2,1H3,(H,25,26,29). The van der Waals surface area contributed by atoms with Gasteiger partial charge in [-0.15, -0.1) is 0 Å². The van der Waals surface area contributed by atoms with Gasteiger partial charge in [-0.05, 0) is 55.5 Å². The molecule has 1 saturated carbocycles. The Hall–Kier alpha value is -3.03. The zero-order chi connectivity index (χ0) is 21.3. The fraction of sp³-hybridized carbons (Fsp3) is 0.409. The lowest BCUT2D eigenvalue weighted by Crippen LogP contribution is -2.42. The first-order valence-corrected chi connectivity index (χ1v) is 10.2. The number of carbonyl (C=O) groups excluding carboxylic acids is 2. The summed E-state index contributed by atoms with van der Waals surface area (Å²) in [6, 6.07) is 6.86. The van der Waals surface area contributed by atoms with Gasteiger partial charge >= 0.3 is 6.03 Å². The van der Waals surface area contributed by atoms with Gasteiger partial charge < -0.3 is 15.1 Å². The molecule has 1 N–H and O–H groups in total. The summed E-state index contributed by atoms with van der Waals surface area (Å²) in [4.78, 5) is 32.6. The number of nitrogens with one attached hydrogen (secondary N) is 1. The van der Waals surface area contributed by atoms with Gasteiger partial charge in [0.15, 0.2) is 0 Å². The fourth-order valence-electron chi connectivity index (χ4n) is 4.24. The number of pyridine rings is 1. The zero-order valence-electron chi connectivity index (χ0n) is 16.8. The number of urea groups is 1. The maximum absolute atomic E-state index is 13.4. The maximum atomic E-state index is 13.4. The van der Waals surface area contributed by atoms with E-state index in [-0.39, 0.29) is 23.9 Å². The van der Waals surface area contributed by atoms with Gasteiger partial charge in [0.05, 0.1) is 0 Å². The summed E-state index contributed by atoms with van der Waals surface area (Å²) < 4.78 is 26.8. The number of carbonyl (C=O) groups is 2. The largest absolute Gasteiger partial charge is 0.326 e. The van der Waals surface area contributed by atoms with Crippen LogP contribution in [0.15, 0.2) is 36.5 Å². The zero-order valence-corrected chi connectivity index (χ0v) is 16.8. The minimum Gasteiger partial charge on any atom is -0.326 e. The number of rotatable bonds is 4. The molecule has 1 aliphatic carbocycles. The van der Waals surface area contributed by atoms with Crippen molar-refractivity contribution < 1.29 is 18.4 Å². The summed E-state index contributed by atoms with van der Waals surface area (Å²) in [6.07, 6.45) is 4.57. The van der Waals surface area contributed by atoms with Crippen molar-refractivity contribution in [3.63, 3.8) is 0 Å². The predicted octanol–water partition coefficient (Wildman–Crippen LogP) is 3.89. The summed E-state index contributed by atoms with van der Waals surface area (Å²) >= 11 is 0. The Morgan fingerprint density at radius 1 is 1.03 bits per heavy atom. The van der Waals surface area contributed by atoms with Crippen LogP contribution >= 0.6 is 0 Å². The molecule has 1 saturated heterocycles. The van der Waals surface area contributed by atoms with Crippen LogP contribution in [0.1, 0.15) is 25.7 Å². The van der Waals surface area contributed by atoms with Crippen molar-refractivity contribution in [1.29, 1.82) is 0 Å². The molecule has 1 aromatic heterocycles. The van der Waals surface area contributed by atoms with Gasteiger partial charge in [0.2, 0.25) is 5.91 Å². The third-order valence-electron chi connectivity index (χ3n) is 5.97. The first-order chi connectivity index (χ1) is 14.4. The molecule has 2 heterocycles. The first kappa shape index (κ1) is 20.3. The Morgan fingerprint density at radius 3 is 2.30 bits per heavy atom. The van der Waals surface area contributed by atoms with Gasteiger partial charge in [0, 0.05) is 49.9 Å². The minimum atomic E-state index is -0.653. The molecule has 0 spiro atoms. The second-order valence-corrected chi connectivity index (χ2v) is 7.98. The van der Waals surface area contributed by atoms with Gasteiger partial charge in [-0.3, -0.25) is 4.79 Å². The highest BCUT2D eigenvalue weighted by Crippen LogP contribution is 2.30. The molecule has 2 aliphatic rings. The first-order valence-electron chi connectivity index (χ1n) is 10.2. The van der Waals surface area contributed by atoms with Crippen molar-refractivity contribution in [2.24, 2.45) is 5.92 Å². The van der Waals surface area contributed by atoms with Crippen LogP contribution < -0.4 is 5.32 Å². The molecular formula is C22H24F2N4O2. The Bertz CT molecular complexity index is 922. The summed E-state index contributed by atoms with van der Waals surface area (Å²) in [6.45, 7) is 1.51. The van der Waals surface area contributed by atoms with Crippen molar-refractivity contribution in [3.8, 4) is 11.1 Å². The van der Waals surface area contributed by atoms with Crippen molar-refractivity contribution in [3.05, 3.63) is 48.2 Å². The van der Waals surface area contributed by atoms with E-state index in [1.54, 1.807) is 17.0 Å². The van der Waals surface area contributed by atoms with Crippen molar-refractivity contribution >= 4 is 17.8 Å². The summed E-state index contributed by atoms with van der Waals surface area (Å²) in [5.74, 6) is -1.11. The van der Waals surface area contributed by atoms with E-state index in [4.69, 9.17) is 0 Å². The second-order valence-electron chi connectivity index (χ2n) is 7.98. The van der Waals surface area contributed by atoms with Crippen molar-refractivity contribution in [2.75, 3.05) is 25.5 Å². The lowest BCUT2D eigenvalue weighted by Gasteiger charge is -2.33. The number of amides is 3. The highest BCUT2D eigenvalue weighted by atomic mass is 19.1. The van der Waals surface area contributed by atoms with Gasteiger partial charge in [0.25, 0.3) is 0 Å². The molecule has 2 fully saturated rings. The number of aromatic nitrogens is 1. The molecule has 30 heavy (non-hydrogen) atoms. The number of halogens is 2. The van der Waals surface area contributed by atoms with E-state index in [2.05, 4.69) is 10.3 Å². The van der Waals surface area contributed by atoms with Gasteiger partial charge in [-0.1, -0.05) is 0 Å². The van der Waals surface area contributed by atoms with Crippen LogP contribution in [0.2, 0.25) is 0 Å². The van der Waals surface area contributed by atoms with E-state index in [9.17, 15) is 18.4 Å². The number of anilines is 1. The van der Waals surface area contributed by atoms with Crippen LogP contribution in [0.4, 0.5) is 19.4 Å². The molecule has 2 aromatic rings. The average Bonchev–Trinajstić information content (AvgIpc) is 3.06. The minimum absolute atomic E-state index is 0.0744. The van der Waals surface area contributed by atoms with E-state index < -0.39 is 11.6 Å². The van der Waals surface area contributed by atoms with E-state index >= 15 is 0 Å². The van der Waals surface area contributed by atoms with Crippen LogP contribution in [0, 0.1) is 17.6 Å². The SMILES string of the molecule is CN1CCN(C2CCC(C(=O)Nc3ccc(-c4cc(F)cc(F)c4)cn3)CC2)C1=O. The molecule has 0 bridgehead atoms. The third-order valence-corrected chi connectivity index (χ3v) is 5.97. The number of hydrogen-bond donors (Lipinski definition) is 1. The Labute approximate surface area is 173 Å².